The van der Waals surface area contributed by atoms with E-state index in [2.05, 4.69) is 26.9 Å². The summed E-state index contributed by atoms with van der Waals surface area (Å²) in [6.07, 6.45) is 0. The Hall–Kier alpha value is -1.88. The molecule has 5 heteroatoms. The lowest BCUT2D eigenvalue weighted by atomic mass is 10.1. The lowest BCUT2D eigenvalue weighted by Crippen LogP contribution is -2.16. The van der Waals surface area contributed by atoms with Crippen molar-refractivity contribution < 1.29 is 4.92 Å². The Kier molecular flexibility index (Phi) is 4.39. The van der Waals surface area contributed by atoms with Gasteiger partial charge in [-0.15, -0.1) is 0 Å². The number of hydrogen-bond acceptors (Lipinski definition) is 3. The highest BCUT2D eigenvalue weighted by Gasteiger charge is 2.13. The van der Waals surface area contributed by atoms with Crippen LogP contribution < -0.4 is 4.90 Å². The number of aryl methyl sites for hydroxylation is 1. The van der Waals surface area contributed by atoms with Crippen molar-refractivity contribution in [3.63, 3.8) is 0 Å². The van der Waals surface area contributed by atoms with Crippen LogP contribution in [0, 0.1) is 17.0 Å². The molecule has 0 amide bonds. The summed E-state index contributed by atoms with van der Waals surface area (Å²) in [5, 5.41) is 10.9. The Morgan fingerprint density at radius 1 is 1.25 bits per heavy atom. The van der Waals surface area contributed by atoms with E-state index in [4.69, 9.17) is 0 Å². The van der Waals surface area contributed by atoms with Crippen LogP contribution in [0.5, 0.6) is 0 Å². The van der Waals surface area contributed by atoms with Crippen molar-refractivity contribution in [3.8, 4) is 0 Å². The van der Waals surface area contributed by atoms with Gasteiger partial charge < -0.3 is 4.90 Å². The van der Waals surface area contributed by atoms with Crippen molar-refractivity contribution in [2.24, 2.45) is 0 Å². The molecule has 0 saturated carbocycles. The summed E-state index contributed by atoms with van der Waals surface area (Å²) in [4.78, 5) is 12.6. The number of nitro benzene ring substituents is 1. The van der Waals surface area contributed by atoms with Crippen molar-refractivity contribution in [1.29, 1.82) is 0 Å². The normalized spacial score (nSPS) is 10.3. The summed E-state index contributed by atoms with van der Waals surface area (Å²) in [6, 6.07) is 13.4. The minimum absolute atomic E-state index is 0.0974. The second-order valence-corrected chi connectivity index (χ2v) is 5.59. The number of nitrogens with zero attached hydrogens (tertiary/aromatic N) is 2. The number of rotatable bonds is 4. The molecule has 0 bridgehead atoms. The molecular weight excluding hydrogens is 320 g/mol. The molecule has 0 aliphatic rings. The molecule has 0 aromatic heterocycles. The van der Waals surface area contributed by atoms with Crippen LogP contribution in [0.4, 0.5) is 11.4 Å². The van der Waals surface area contributed by atoms with Gasteiger partial charge in [-0.3, -0.25) is 10.1 Å². The molecule has 104 valence electrons. The highest BCUT2D eigenvalue weighted by Crippen LogP contribution is 2.26. The van der Waals surface area contributed by atoms with E-state index < -0.39 is 0 Å². The molecule has 20 heavy (non-hydrogen) atoms. The molecule has 2 aromatic rings. The van der Waals surface area contributed by atoms with Crippen LogP contribution in [0.15, 0.2) is 46.9 Å². The molecule has 0 atom stereocenters. The van der Waals surface area contributed by atoms with E-state index in [0.29, 0.717) is 11.0 Å². The number of nitro groups is 1. The monoisotopic (exact) mass is 334 g/mol. The van der Waals surface area contributed by atoms with Gasteiger partial charge in [0.05, 0.1) is 9.40 Å². The van der Waals surface area contributed by atoms with Crippen LogP contribution >= 0.6 is 15.9 Å². The largest absolute Gasteiger partial charge is 0.370 e. The molecule has 0 saturated heterocycles. The Morgan fingerprint density at radius 3 is 2.65 bits per heavy atom. The zero-order valence-corrected chi connectivity index (χ0v) is 12.9. The molecule has 2 aromatic carbocycles. The predicted octanol–water partition coefficient (Wildman–Crippen LogP) is 4.30. The summed E-state index contributed by atoms with van der Waals surface area (Å²) in [6.45, 7) is 2.67. The van der Waals surface area contributed by atoms with Crippen LogP contribution in [0.25, 0.3) is 0 Å². The molecule has 2 rings (SSSR count). The van der Waals surface area contributed by atoms with Crippen molar-refractivity contribution in [2.75, 3.05) is 11.9 Å². The van der Waals surface area contributed by atoms with Gasteiger partial charge in [0.1, 0.15) is 0 Å². The SMILES string of the molecule is Cc1cccc(N(C)Cc2ccc(Br)c([N+](=O)[O-])c2)c1. The Morgan fingerprint density at radius 2 is 2.00 bits per heavy atom. The third-order valence-electron chi connectivity index (χ3n) is 3.07. The highest BCUT2D eigenvalue weighted by atomic mass is 79.9. The van der Waals surface area contributed by atoms with Crippen molar-refractivity contribution in [1.82, 2.24) is 0 Å². The fourth-order valence-electron chi connectivity index (χ4n) is 2.03. The van der Waals surface area contributed by atoms with E-state index in [1.165, 1.54) is 5.56 Å². The Balaban J connectivity index is 2.22. The van der Waals surface area contributed by atoms with Crippen molar-refractivity contribution in [2.45, 2.75) is 13.5 Å². The number of halogens is 1. The van der Waals surface area contributed by atoms with E-state index in [0.717, 1.165) is 11.3 Å². The predicted molar refractivity (Wildman–Crippen MR) is 84.1 cm³/mol. The maximum absolute atomic E-state index is 10.9. The third-order valence-corrected chi connectivity index (χ3v) is 3.74. The van der Waals surface area contributed by atoms with E-state index in [1.807, 2.05) is 38.2 Å². The topological polar surface area (TPSA) is 46.4 Å². The Labute approximate surface area is 126 Å². The fraction of sp³-hybridized carbons (Fsp3) is 0.200. The molecule has 0 aliphatic carbocycles. The zero-order valence-electron chi connectivity index (χ0n) is 11.3. The summed E-state index contributed by atoms with van der Waals surface area (Å²) in [7, 11) is 1.97. The maximum atomic E-state index is 10.9. The van der Waals surface area contributed by atoms with Crippen LogP contribution in [-0.2, 0) is 6.54 Å². The molecule has 0 radical (unpaired) electrons. The van der Waals surface area contributed by atoms with Gasteiger partial charge in [0.25, 0.3) is 5.69 Å². The van der Waals surface area contributed by atoms with Crippen molar-refractivity contribution in [3.05, 3.63) is 68.2 Å². The summed E-state index contributed by atoms with van der Waals surface area (Å²) in [5.74, 6) is 0. The molecule has 0 spiro atoms. The maximum Gasteiger partial charge on any atom is 0.283 e. The lowest BCUT2D eigenvalue weighted by Gasteiger charge is -2.19. The molecule has 0 unspecified atom stereocenters. The second-order valence-electron chi connectivity index (χ2n) is 4.74. The molecule has 0 fully saturated rings. The highest BCUT2D eigenvalue weighted by molar-refractivity contribution is 9.10. The molecule has 0 heterocycles. The first-order valence-electron chi connectivity index (χ1n) is 6.18. The minimum Gasteiger partial charge on any atom is -0.370 e. The molecular formula is C15H15BrN2O2. The molecule has 0 aliphatic heterocycles. The minimum atomic E-state index is -0.375. The number of hydrogen-bond donors (Lipinski definition) is 0. The van der Waals surface area contributed by atoms with Gasteiger partial charge >= 0.3 is 0 Å². The fourth-order valence-corrected chi connectivity index (χ4v) is 2.42. The number of anilines is 1. The number of benzene rings is 2. The van der Waals surface area contributed by atoms with Crippen molar-refractivity contribution >= 4 is 27.3 Å². The lowest BCUT2D eigenvalue weighted by molar-refractivity contribution is -0.385. The van der Waals surface area contributed by atoms with Gasteiger partial charge in [0.15, 0.2) is 0 Å². The van der Waals surface area contributed by atoms with Gasteiger partial charge in [-0.2, -0.15) is 0 Å². The summed E-state index contributed by atoms with van der Waals surface area (Å²) in [5.41, 5.74) is 3.29. The average molecular weight is 335 g/mol. The van der Waals surface area contributed by atoms with E-state index in [1.54, 1.807) is 12.1 Å². The standard InChI is InChI=1S/C15H15BrN2O2/c1-11-4-3-5-13(8-11)17(2)10-12-6-7-14(16)15(9-12)18(19)20/h3-9H,10H2,1-2H3. The van der Waals surface area contributed by atoms with Crippen LogP contribution in [0.3, 0.4) is 0 Å². The first kappa shape index (κ1) is 14.5. The van der Waals surface area contributed by atoms with Gasteiger partial charge in [-0.25, -0.2) is 0 Å². The molecule has 4 nitrogen and oxygen atoms in total. The third kappa shape index (κ3) is 3.36. The van der Waals surface area contributed by atoms with E-state index in [-0.39, 0.29) is 10.6 Å². The smallest absolute Gasteiger partial charge is 0.283 e. The van der Waals surface area contributed by atoms with Gasteiger partial charge in [0, 0.05) is 25.3 Å². The van der Waals surface area contributed by atoms with Gasteiger partial charge in [0.2, 0.25) is 0 Å². The first-order chi connectivity index (χ1) is 9.47. The van der Waals surface area contributed by atoms with Gasteiger partial charge in [-0.1, -0.05) is 18.2 Å². The van der Waals surface area contributed by atoms with Crippen LogP contribution in [0.2, 0.25) is 0 Å². The van der Waals surface area contributed by atoms with Gasteiger partial charge in [-0.05, 0) is 52.2 Å². The second kappa shape index (κ2) is 6.05. The zero-order chi connectivity index (χ0) is 14.7. The Bertz CT molecular complexity index is 644. The van der Waals surface area contributed by atoms with E-state index in [9.17, 15) is 10.1 Å². The van der Waals surface area contributed by atoms with Crippen LogP contribution in [0.1, 0.15) is 11.1 Å². The summed E-state index contributed by atoms with van der Waals surface area (Å²) >= 11 is 3.20. The van der Waals surface area contributed by atoms with E-state index >= 15 is 0 Å². The van der Waals surface area contributed by atoms with Crippen LogP contribution in [-0.4, -0.2) is 12.0 Å². The first-order valence-corrected chi connectivity index (χ1v) is 6.97. The average Bonchev–Trinajstić information content (AvgIpc) is 2.40. The summed E-state index contributed by atoms with van der Waals surface area (Å²) < 4.78 is 0.504. The quantitative estimate of drug-likeness (QED) is 0.618. The molecule has 0 N–H and O–H groups in total.